The summed E-state index contributed by atoms with van der Waals surface area (Å²) < 4.78 is 0. The molecule has 6 nitrogen and oxygen atoms in total. The first-order valence-corrected chi connectivity index (χ1v) is 8.11. The molecule has 0 aliphatic carbocycles. The van der Waals surface area contributed by atoms with Gasteiger partial charge < -0.3 is 5.32 Å². The molecule has 1 rings (SSSR count). The molecule has 1 aromatic rings. The molecule has 8 heteroatoms. The number of halogens is 1. The fourth-order valence-electron chi connectivity index (χ4n) is 1.71. The van der Waals surface area contributed by atoms with Gasteiger partial charge in [-0.05, 0) is 24.4 Å². The van der Waals surface area contributed by atoms with Crippen LogP contribution in [0.4, 0.5) is 0 Å². The van der Waals surface area contributed by atoms with Crippen molar-refractivity contribution in [3.63, 3.8) is 0 Å². The molecule has 0 atom stereocenters. The maximum Gasteiger partial charge on any atom is 0.263 e. The quantitative estimate of drug-likeness (QED) is 0.426. The van der Waals surface area contributed by atoms with Crippen LogP contribution in [0.5, 0.6) is 0 Å². The lowest BCUT2D eigenvalue weighted by molar-refractivity contribution is -0.403. The SMILES string of the molecule is CCN(CCNC(=C[N+](=O)[O-])SC)Cc1ccc(Cl)nc1. The summed E-state index contributed by atoms with van der Waals surface area (Å²) in [7, 11) is 0. The van der Waals surface area contributed by atoms with E-state index in [-0.39, 0.29) is 0 Å². The summed E-state index contributed by atoms with van der Waals surface area (Å²) in [6.07, 6.45) is 4.56. The number of nitro groups is 1. The minimum Gasteiger partial charge on any atom is -0.374 e. The Morgan fingerprint density at radius 1 is 1.62 bits per heavy atom. The van der Waals surface area contributed by atoms with Gasteiger partial charge in [0.05, 0.1) is 4.92 Å². The molecule has 0 spiro atoms. The fraction of sp³-hybridized carbons (Fsp3) is 0.462. The van der Waals surface area contributed by atoms with Gasteiger partial charge in [0.25, 0.3) is 6.20 Å². The second-order valence-electron chi connectivity index (χ2n) is 4.27. The van der Waals surface area contributed by atoms with Crippen LogP contribution in [-0.2, 0) is 6.54 Å². The van der Waals surface area contributed by atoms with E-state index < -0.39 is 4.92 Å². The van der Waals surface area contributed by atoms with Gasteiger partial charge in [-0.15, -0.1) is 11.8 Å². The van der Waals surface area contributed by atoms with Crippen molar-refractivity contribution in [2.45, 2.75) is 13.5 Å². The van der Waals surface area contributed by atoms with E-state index in [1.165, 1.54) is 11.8 Å². The number of rotatable bonds is 9. The number of likely N-dealkylation sites (N-methyl/N-ethyl adjacent to an activating group) is 1. The first kappa shape index (κ1) is 17.7. The second-order valence-corrected chi connectivity index (χ2v) is 5.50. The highest BCUT2D eigenvalue weighted by atomic mass is 35.5. The van der Waals surface area contributed by atoms with E-state index in [0.717, 1.165) is 31.4 Å². The van der Waals surface area contributed by atoms with Gasteiger partial charge >= 0.3 is 0 Å². The molecule has 0 aliphatic heterocycles. The number of hydrogen-bond acceptors (Lipinski definition) is 6. The largest absolute Gasteiger partial charge is 0.374 e. The molecule has 0 radical (unpaired) electrons. The standard InChI is InChI=1S/C13H19ClN4O2S/c1-3-17(9-11-4-5-12(14)16-8-11)7-6-15-13(21-2)10-18(19)20/h4-5,8,10,15H,3,6-7,9H2,1-2H3. The molecule has 0 unspecified atom stereocenters. The monoisotopic (exact) mass is 330 g/mol. The Hall–Kier alpha value is -1.31. The minimum atomic E-state index is -0.449. The van der Waals surface area contributed by atoms with E-state index in [1.54, 1.807) is 18.5 Å². The summed E-state index contributed by atoms with van der Waals surface area (Å²) in [6.45, 7) is 5.17. The molecule has 0 aliphatic rings. The maximum atomic E-state index is 10.4. The molecule has 0 aromatic carbocycles. The van der Waals surface area contributed by atoms with Crippen molar-refractivity contribution in [2.24, 2.45) is 0 Å². The lowest BCUT2D eigenvalue weighted by Gasteiger charge is -2.20. The fourth-order valence-corrected chi connectivity index (χ4v) is 2.26. The number of thioether (sulfide) groups is 1. The Balaban J connectivity index is 2.44. The average Bonchev–Trinajstić information content (AvgIpc) is 2.46. The van der Waals surface area contributed by atoms with Crippen LogP contribution in [0.25, 0.3) is 0 Å². The van der Waals surface area contributed by atoms with Crippen molar-refractivity contribution >= 4 is 23.4 Å². The van der Waals surface area contributed by atoms with E-state index in [1.807, 2.05) is 6.07 Å². The average molecular weight is 331 g/mol. The zero-order chi connectivity index (χ0) is 15.7. The first-order valence-electron chi connectivity index (χ1n) is 6.51. The van der Waals surface area contributed by atoms with Gasteiger partial charge in [0.2, 0.25) is 0 Å². The predicted molar refractivity (Wildman–Crippen MR) is 86.8 cm³/mol. The van der Waals surface area contributed by atoms with Gasteiger partial charge in [0.1, 0.15) is 10.2 Å². The van der Waals surface area contributed by atoms with Crippen LogP contribution in [0.1, 0.15) is 12.5 Å². The first-order chi connectivity index (χ1) is 10.0. The summed E-state index contributed by atoms with van der Waals surface area (Å²) >= 11 is 7.09. The Bertz CT molecular complexity index is 482. The molecule has 0 saturated carbocycles. The van der Waals surface area contributed by atoms with Crippen molar-refractivity contribution < 1.29 is 4.92 Å². The molecule has 1 N–H and O–H groups in total. The Labute approximate surface area is 133 Å². The van der Waals surface area contributed by atoms with Gasteiger partial charge in [0, 0.05) is 25.8 Å². The predicted octanol–water partition coefficient (Wildman–Crippen LogP) is 2.59. The van der Waals surface area contributed by atoms with E-state index in [4.69, 9.17) is 11.6 Å². The molecule has 1 aromatic heterocycles. The molecule has 1 heterocycles. The summed E-state index contributed by atoms with van der Waals surface area (Å²) in [5.74, 6) is 0. The lowest BCUT2D eigenvalue weighted by atomic mass is 10.2. The van der Waals surface area contributed by atoms with Crippen molar-refractivity contribution in [3.05, 3.63) is 50.4 Å². The van der Waals surface area contributed by atoms with Crippen molar-refractivity contribution in [3.8, 4) is 0 Å². The van der Waals surface area contributed by atoms with Crippen LogP contribution in [0, 0.1) is 10.1 Å². The Morgan fingerprint density at radius 2 is 2.38 bits per heavy atom. The van der Waals surface area contributed by atoms with Crippen LogP contribution in [0.3, 0.4) is 0 Å². The van der Waals surface area contributed by atoms with E-state index >= 15 is 0 Å². The van der Waals surface area contributed by atoms with Crippen LogP contribution in [0.15, 0.2) is 29.6 Å². The number of nitrogens with one attached hydrogen (secondary N) is 1. The van der Waals surface area contributed by atoms with Crippen molar-refractivity contribution in [1.82, 2.24) is 15.2 Å². The van der Waals surface area contributed by atoms with Crippen molar-refractivity contribution in [2.75, 3.05) is 25.9 Å². The maximum absolute atomic E-state index is 10.4. The highest BCUT2D eigenvalue weighted by Crippen LogP contribution is 2.09. The van der Waals surface area contributed by atoms with Gasteiger partial charge in [0.15, 0.2) is 0 Å². The summed E-state index contributed by atoms with van der Waals surface area (Å²) in [5, 5.41) is 14.5. The molecular weight excluding hydrogens is 312 g/mol. The van der Waals surface area contributed by atoms with Crippen LogP contribution >= 0.6 is 23.4 Å². The van der Waals surface area contributed by atoms with Crippen molar-refractivity contribution in [1.29, 1.82) is 0 Å². The number of pyridine rings is 1. The van der Waals surface area contributed by atoms with Gasteiger partial charge in [-0.25, -0.2) is 4.98 Å². The van der Waals surface area contributed by atoms with E-state index in [0.29, 0.717) is 16.7 Å². The number of aromatic nitrogens is 1. The summed E-state index contributed by atoms with van der Waals surface area (Å²) in [6, 6.07) is 3.72. The minimum absolute atomic E-state index is 0.449. The zero-order valence-corrected chi connectivity index (χ0v) is 13.7. The van der Waals surface area contributed by atoms with Crippen LogP contribution in [-0.4, -0.2) is 40.7 Å². The lowest BCUT2D eigenvalue weighted by Crippen LogP contribution is -2.31. The van der Waals surface area contributed by atoms with E-state index in [9.17, 15) is 10.1 Å². The van der Waals surface area contributed by atoms with Crippen LogP contribution in [0.2, 0.25) is 5.15 Å². The number of nitrogens with zero attached hydrogens (tertiary/aromatic N) is 3. The number of hydrogen-bond donors (Lipinski definition) is 1. The third-order valence-corrected chi connectivity index (χ3v) is 3.73. The highest BCUT2D eigenvalue weighted by molar-refractivity contribution is 8.02. The summed E-state index contributed by atoms with van der Waals surface area (Å²) in [5.41, 5.74) is 1.09. The second kappa shape index (κ2) is 9.59. The normalized spacial score (nSPS) is 11.7. The van der Waals surface area contributed by atoms with Gasteiger partial charge in [-0.1, -0.05) is 24.6 Å². The molecular formula is C13H19ClN4O2S. The van der Waals surface area contributed by atoms with Gasteiger partial charge in [-0.2, -0.15) is 0 Å². The molecule has 116 valence electrons. The molecule has 0 fully saturated rings. The molecule has 0 amide bonds. The molecule has 21 heavy (non-hydrogen) atoms. The van der Waals surface area contributed by atoms with E-state index in [2.05, 4.69) is 22.1 Å². The summed E-state index contributed by atoms with van der Waals surface area (Å²) in [4.78, 5) is 16.3. The smallest absolute Gasteiger partial charge is 0.263 e. The topological polar surface area (TPSA) is 71.3 Å². The zero-order valence-electron chi connectivity index (χ0n) is 12.1. The third-order valence-electron chi connectivity index (χ3n) is 2.81. The Kier molecular flexibility index (Phi) is 8.11. The highest BCUT2D eigenvalue weighted by Gasteiger charge is 2.06. The molecule has 0 saturated heterocycles. The third kappa shape index (κ3) is 7.31. The molecule has 0 bridgehead atoms. The van der Waals surface area contributed by atoms with Crippen LogP contribution < -0.4 is 5.32 Å². The Morgan fingerprint density at radius 3 is 2.90 bits per heavy atom. The van der Waals surface area contributed by atoms with Gasteiger partial charge in [-0.3, -0.25) is 15.0 Å².